The second-order valence-electron chi connectivity index (χ2n) is 8.64. The molecule has 1 aliphatic heterocycles. The summed E-state index contributed by atoms with van der Waals surface area (Å²) in [6.45, 7) is 3.93. The van der Waals surface area contributed by atoms with Crippen LogP contribution >= 0.6 is 0 Å². The fourth-order valence-corrected chi connectivity index (χ4v) is 5.64. The Morgan fingerprint density at radius 3 is 2.33 bits per heavy atom. The highest BCUT2D eigenvalue weighted by Gasteiger charge is 2.26. The third-order valence-corrected chi connectivity index (χ3v) is 6.90. The molecule has 4 aromatic carbocycles. The molecule has 2 aromatic heterocycles. The van der Waals surface area contributed by atoms with E-state index in [0.717, 1.165) is 6.42 Å². The molecular formula is C31H22N2. The molecular weight excluding hydrogens is 400 g/mol. The van der Waals surface area contributed by atoms with E-state index < -0.39 is 0 Å². The first kappa shape index (κ1) is 18.3. The summed E-state index contributed by atoms with van der Waals surface area (Å²) in [5.74, 6) is 0. The van der Waals surface area contributed by atoms with Gasteiger partial charge in [0.2, 0.25) is 0 Å². The maximum absolute atomic E-state index is 3.93. The van der Waals surface area contributed by atoms with Crippen molar-refractivity contribution in [1.82, 2.24) is 9.13 Å². The molecule has 33 heavy (non-hydrogen) atoms. The van der Waals surface area contributed by atoms with E-state index in [1.165, 1.54) is 60.9 Å². The summed E-state index contributed by atoms with van der Waals surface area (Å²) in [4.78, 5) is 0. The van der Waals surface area contributed by atoms with E-state index in [-0.39, 0.29) is 0 Å². The van der Waals surface area contributed by atoms with Gasteiger partial charge >= 0.3 is 0 Å². The molecule has 0 aliphatic carbocycles. The third kappa shape index (κ3) is 2.43. The van der Waals surface area contributed by atoms with E-state index in [9.17, 15) is 0 Å². The minimum absolute atomic E-state index is 0.887. The van der Waals surface area contributed by atoms with Gasteiger partial charge in [-0.3, -0.25) is 0 Å². The standard InChI is InChI=1S/C31H22N2/c1-2-3-16-27-25-20-21-11-9-15-24-23-14-7-8-17-26(23)33(31(21)24)29-19-10-18-28(30(25)29)32(27)22-12-5-4-6-13-22/h2-19H,1,20H2/b16-3-. The number of benzene rings is 4. The molecule has 0 bridgehead atoms. The number of para-hydroxylation sites is 3. The number of rotatable bonds is 3. The quantitative estimate of drug-likeness (QED) is 0.257. The first-order chi connectivity index (χ1) is 16.4. The lowest BCUT2D eigenvalue weighted by Gasteiger charge is -2.12. The molecule has 0 fully saturated rings. The summed E-state index contributed by atoms with van der Waals surface area (Å²) in [6.07, 6.45) is 7.00. The van der Waals surface area contributed by atoms with Gasteiger partial charge in [0.25, 0.3) is 0 Å². The van der Waals surface area contributed by atoms with Crippen LogP contribution in [0.5, 0.6) is 0 Å². The predicted octanol–water partition coefficient (Wildman–Crippen LogP) is 7.83. The molecule has 3 heterocycles. The molecule has 156 valence electrons. The second-order valence-corrected chi connectivity index (χ2v) is 8.64. The highest BCUT2D eigenvalue weighted by molar-refractivity contribution is 6.13. The minimum atomic E-state index is 0.887. The van der Waals surface area contributed by atoms with Crippen molar-refractivity contribution in [1.29, 1.82) is 0 Å². The van der Waals surface area contributed by atoms with E-state index in [1.54, 1.807) is 0 Å². The van der Waals surface area contributed by atoms with Gasteiger partial charge in [-0.15, -0.1) is 0 Å². The predicted molar refractivity (Wildman–Crippen MR) is 140 cm³/mol. The van der Waals surface area contributed by atoms with Crippen LogP contribution in [0.15, 0.2) is 110 Å². The van der Waals surface area contributed by atoms with E-state index >= 15 is 0 Å². The number of aromatic nitrogens is 2. The first-order valence-electron chi connectivity index (χ1n) is 11.4. The largest absolute Gasteiger partial charge is 0.309 e. The molecule has 0 spiro atoms. The summed E-state index contributed by atoms with van der Waals surface area (Å²) in [6, 6.07) is 32.9. The van der Waals surface area contributed by atoms with Crippen LogP contribution in [-0.4, -0.2) is 9.13 Å². The Hall–Kier alpha value is -4.30. The summed E-state index contributed by atoms with van der Waals surface area (Å²) in [7, 11) is 0. The lowest BCUT2D eigenvalue weighted by Crippen LogP contribution is -2.00. The van der Waals surface area contributed by atoms with Crippen molar-refractivity contribution in [3.05, 3.63) is 127 Å². The van der Waals surface area contributed by atoms with Crippen LogP contribution in [-0.2, 0) is 6.42 Å². The molecule has 0 radical (unpaired) electrons. The molecule has 0 amide bonds. The maximum atomic E-state index is 3.93. The van der Waals surface area contributed by atoms with Crippen molar-refractivity contribution in [3.8, 4) is 11.4 Å². The summed E-state index contributed by atoms with van der Waals surface area (Å²) in [5, 5.41) is 3.96. The molecule has 0 atom stereocenters. The monoisotopic (exact) mass is 422 g/mol. The molecule has 0 saturated carbocycles. The van der Waals surface area contributed by atoms with Crippen molar-refractivity contribution in [2.75, 3.05) is 0 Å². The number of hydrogen-bond acceptors (Lipinski definition) is 0. The van der Waals surface area contributed by atoms with Gasteiger partial charge in [0, 0.05) is 28.3 Å². The summed E-state index contributed by atoms with van der Waals surface area (Å²) < 4.78 is 4.88. The van der Waals surface area contributed by atoms with Crippen LogP contribution in [0.2, 0.25) is 0 Å². The SMILES string of the molecule is C=C/C=C\c1c2c3c(cccc3n1-c1ccccc1)-n1c3ccccc3c3cccc(c31)C2. The molecule has 2 nitrogen and oxygen atoms in total. The highest BCUT2D eigenvalue weighted by atomic mass is 15.0. The number of hydrogen-bond donors (Lipinski definition) is 0. The zero-order valence-electron chi connectivity index (χ0n) is 18.2. The van der Waals surface area contributed by atoms with E-state index in [1.807, 2.05) is 12.2 Å². The van der Waals surface area contributed by atoms with Gasteiger partial charge in [0.15, 0.2) is 0 Å². The van der Waals surface area contributed by atoms with Crippen molar-refractivity contribution < 1.29 is 0 Å². The minimum Gasteiger partial charge on any atom is -0.309 e. The summed E-state index contributed by atoms with van der Waals surface area (Å²) in [5.41, 5.74) is 10.2. The fourth-order valence-electron chi connectivity index (χ4n) is 5.64. The maximum Gasteiger partial charge on any atom is 0.0576 e. The van der Waals surface area contributed by atoms with Crippen LogP contribution in [0.1, 0.15) is 16.8 Å². The molecule has 6 aromatic rings. The Labute approximate surface area is 192 Å². The van der Waals surface area contributed by atoms with Gasteiger partial charge < -0.3 is 9.13 Å². The molecule has 0 N–H and O–H groups in total. The van der Waals surface area contributed by atoms with E-state index in [0.29, 0.717) is 0 Å². The second kappa shape index (κ2) is 6.85. The van der Waals surface area contributed by atoms with Crippen LogP contribution in [0.3, 0.4) is 0 Å². The van der Waals surface area contributed by atoms with Crippen molar-refractivity contribution in [3.63, 3.8) is 0 Å². The summed E-state index contributed by atoms with van der Waals surface area (Å²) >= 11 is 0. The van der Waals surface area contributed by atoms with Crippen molar-refractivity contribution >= 4 is 38.8 Å². The van der Waals surface area contributed by atoms with Gasteiger partial charge in [-0.1, -0.05) is 79.4 Å². The van der Waals surface area contributed by atoms with Gasteiger partial charge in [0.1, 0.15) is 0 Å². The molecule has 2 heteroatoms. The molecule has 1 aliphatic rings. The zero-order chi connectivity index (χ0) is 21.9. The first-order valence-corrected chi connectivity index (χ1v) is 11.4. The van der Waals surface area contributed by atoms with E-state index in [2.05, 4.69) is 113 Å². The zero-order valence-corrected chi connectivity index (χ0v) is 18.2. The van der Waals surface area contributed by atoms with Gasteiger partial charge in [-0.2, -0.15) is 0 Å². The molecule has 7 rings (SSSR count). The third-order valence-electron chi connectivity index (χ3n) is 6.90. The molecule has 0 unspecified atom stereocenters. The van der Waals surface area contributed by atoms with Crippen molar-refractivity contribution in [2.24, 2.45) is 0 Å². The topological polar surface area (TPSA) is 9.86 Å². The van der Waals surface area contributed by atoms with Gasteiger partial charge in [-0.05, 0) is 47.5 Å². The Morgan fingerprint density at radius 1 is 0.697 bits per heavy atom. The number of allylic oxidation sites excluding steroid dienone is 2. The van der Waals surface area contributed by atoms with Crippen LogP contribution in [0.25, 0.3) is 50.2 Å². The number of fused-ring (bicyclic) bond motifs is 4. The highest BCUT2D eigenvalue weighted by Crippen LogP contribution is 2.43. The normalized spacial score (nSPS) is 12.7. The molecule has 0 saturated heterocycles. The van der Waals surface area contributed by atoms with E-state index in [4.69, 9.17) is 0 Å². The smallest absolute Gasteiger partial charge is 0.0576 e. The lowest BCUT2D eigenvalue weighted by molar-refractivity contribution is 1.07. The van der Waals surface area contributed by atoms with Crippen LogP contribution < -0.4 is 0 Å². The Kier molecular flexibility index (Phi) is 3.80. The Morgan fingerprint density at radius 2 is 1.45 bits per heavy atom. The number of nitrogens with zero attached hydrogens (tertiary/aromatic N) is 2. The lowest BCUT2D eigenvalue weighted by atomic mass is 9.99. The van der Waals surface area contributed by atoms with Gasteiger partial charge in [-0.25, -0.2) is 0 Å². The van der Waals surface area contributed by atoms with Crippen LogP contribution in [0.4, 0.5) is 0 Å². The average molecular weight is 423 g/mol. The Bertz CT molecular complexity index is 1740. The van der Waals surface area contributed by atoms with Crippen LogP contribution in [0, 0.1) is 0 Å². The Balaban J connectivity index is 1.71. The van der Waals surface area contributed by atoms with Crippen molar-refractivity contribution in [2.45, 2.75) is 6.42 Å². The average Bonchev–Trinajstić information content (AvgIpc) is 3.31. The fraction of sp³-hybridized carbons (Fsp3) is 0.0323. The van der Waals surface area contributed by atoms with Gasteiger partial charge in [0.05, 0.1) is 27.9 Å².